The summed E-state index contributed by atoms with van der Waals surface area (Å²) in [5.41, 5.74) is 0. The molecule has 0 amide bonds. The summed E-state index contributed by atoms with van der Waals surface area (Å²) in [6, 6.07) is 21.7. The van der Waals surface area contributed by atoms with Gasteiger partial charge in [-0.3, -0.25) is 0 Å². The Balaban J connectivity index is 2.40. The fourth-order valence-corrected chi connectivity index (χ4v) is 8.76. The molecular formula is C25H34OSi. The van der Waals surface area contributed by atoms with E-state index in [0.29, 0.717) is 11.8 Å². The van der Waals surface area contributed by atoms with Gasteiger partial charge in [-0.15, -0.1) is 12.3 Å². The van der Waals surface area contributed by atoms with Crippen molar-refractivity contribution in [3.63, 3.8) is 0 Å². The highest BCUT2D eigenvalue weighted by Gasteiger charge is 2.50. The maximum Gasteiger partial charge on any atom is 0.261 e. The average Bonchev–Trinajstić information content (AvgIpc) is 2.63. The minimum atomic E-state index is -2.42. The number of hydrogen-bond donors (Lipinski definition) is 0. The van der Waals surface area contributed by atoms with E-state index in [2.05, 4.69) is 101 Å². The zero-order valence-electron chi connectivity index (χ0n) is 17.5. The molecule has 0 aliphatic heterocycles. The third-order valence-corrected chi connectivity index (χ3v) is 10.3. The van der Waals surface area contributed by atoms with Gasteiger partial charge in [-0.05, 0) is 33.7 Å². The van der Waals surface area contributed by atoms with Crippen LogP contribution in [0.1, 0.15) is 47.5 Å². The van der Waals surface area contributed by atoms with Crippen molar-refractivity contribution in [2.45, 2.75) is 52.5 Å². The van der Waals surface area contributed by atoms with E-state index < -0.39 is 8.32 Å². The molecule has 2 aromatic rings. The van der Waals surface area contributed by atoms with Crippen LogP contribution in [0, 0.1) is 24.2 Å². The van der Waals surface area contributed by atoms with Gasteiger partial charge >= 0.3 is 0 Å². The van der Waals surface area contributed by atoms with Crippen LogP contribution in [0.3, 0.4) is 0 Å². The van der Waals surface area contributed by atoms with E-state index >= 15 is 0 Å². The number of terminal acetylenes is 1. The molecule has 0 radical (unpaired) electrons. The Morgan fingerprint density at radius 2 is 1.37 bits per heavy atom. The molecule has 0 spiro atoms. The lowest BCUT2D eigenvalue weighted by molar-refractivity contribution is 0.224. The summed E-state index contributed by atoms with van der Waals surface area (Å²) in [7, 11) is -2.42. The Kier molecular flexibility index (Phi) is 7.47. The van der Waals surface area contributed by atoms with Crippen molar-refractivity contribution in [3.05, 3.63) is 60.7 Å². The average molecular weight is 379 g/mol. The molecule has 0 aliphatic rings. The van der Waals surface area contributed by atoms with Crippen LogP contribution in [0.15, 0.2) is 60.7 Å². The summed E-state index contributed by atoms with van der Waals surface area (Å²) >= 11 is 0. The van der Waals surface area contributed by atoms with Gasteiger partial charge in [0.05, 0.1) is 0 Å². The standard InChI is InChI=1S/C25H34OSi/c1-7-14-21(2)19-22(3)20-26-27(25(4,5)6,23-15-10-8-11-16-23)24-17-12-9-13-18-24/h1,8-13,15-18,21-22H,14,19-20H2,2-6H3/t21-,22-/m1/s1. The first kappa shape index (κ1) is 21.5. The second-order valence-corrected chi connectivity index (χ2v) is 13.1. The van der Waals surface area contributed by atoms with Crippen molar-refractivity contribution < 1.29 is 4.43 Å². The van der Waals surface area contributed by atoms with E-state index in [0.717, 1.165) is 19.4 Å². The summed E-state index contributed by atoms with van der Waals surface area (Å²) in [4.78, 5) is 0. The smallest absolute Gasteiger partial charge is 0.261 e. The minimum Gasteiger partial charge on any atom is -0.407 e. The minimum absolute atomic E-state index is 0.0276. The van der Waals surface area contributed by atoms with Crippen molar-refractivity contribution in [3.8, 4) is 12.3 Å². The predicted molar refractivity (Wildman–Crippen MR) is 120 cm³/mol. The van der Waals surface area contributed by atoms with E-state index in [1.807, 2.05) is 0 Å². The summed E-state index contributed by atoms with van der Waals surface area (Å²) in [5.74, 6) is 3.81. The second-order valence-electron chi connectivity index (χ2n) is 8.83. The maximum atomic E-state index is 6.99. The van der Waals surface area contributed by atoms with Gasteiger partial charge in [0.25, 0.3) is 8.32 Å². The molecule has 0 unspecified atom stereocenters. The lowest BCUT2D eigenvalue weighted by Gasteiger charge is -2.43. The fraction of sp³-hybridized carbons (Fsp3) is 0.440. The fourth-order valence-electron chi connectivity index (χ4n) is 4.07. The molecule has 0 fully saturated rings. The largest absolute Gasteiger partial charge is 0.407 e. The third kappa shape index (κ3) is 5.12. The third-order valence-electron chi connectivity index (χ3n) is 5.27. The van der Waals surface area contributed by atoms with Crippen molar-refractivity contribution in [2.24, 2.45) is 11.8 Å². The second kappa shape index (κ2) is 9.40. The molecule has 1 nitrogen and oxygen atoms in total. The highest BCUT2D eigenvalue weighted by molar-refractivity contribution is 6.99. The molecule has 0 saturated carbocycles. The van der Waals surface area contributed by atoms with Gasteiger partial charge in [-0.2, -0.15) is 0 Å². The van der Waals surface area contributed by atoms with Crippen molar-refractivity contribution in [2.75, 3.05) is 6.61 Å². The van der Waals surface area contributed by atoms with E-state index in [4.69, 9.17) is 10.8 Å². The predicted octanol–water partition coefficient (Wildman–Crippen LogP) is 5.25. The van der Waals surface area contributed by atoms with Crippen LogP contribution in [0.25, 0.3) is 0 Å². The lowest BCUT2D eigenvalue weighted by atomic mass is 9.96. The molecule has 2 rings (SSSR count). The van der Waals surface area contributed by atoms with Crippen molar-refractivity contribution in [1.82, 2.24) is 0 Å². The summed E-state index contributed by atoms with van der Waals surface area (Å²) in [5, 5.41) is 2.71. The summed E-state index contributed by atoms with van der Waals surface area (Å²) < 4.78 is 6.99. The van der Waals surface area contributed by atoms with Gasteiger partial charge in [0, 0.05) is 13.0 Å². The number of rotatable bonds is 8. The first-order valence-corrected chi connectivity index (χ1v) is 11.9. The highest BCUT2D eigenvalue weighted by Crippen LogP contribution is 2.37. The highest BCUT2D eigenvalue weighted by atomic mass is 28.4. The molecule has 0 saturated heterocycles. The molecule has 27 heavy (non-hydrogen) atoms. The Morgan fingerprint density at radius 3 is 1.78 bits per heavy atom. The van der Waals surface area contributed by atoms with Gasteiger partial charge < -0.3 is 4.43 Å². The molecule has 0 heterocycles. The lowest BCUT2D eigenvalue weighted by Crippen LogP contribution is -2.66. The maximum absolute atomic E-state index is 6.99. The summed E-state index contributed by atoms with van der Waals surface area (Å²) in [6.45, 7) is 12.3. The first-order chi connectivity index (χ1) is 12.8. The topological polar surface area (TPSA) is 9.23 Å². The molecule has 2 atom stereocenters. The zero-order chi connectivity index (χ0) is 19.9. The van der Waals surface area contributed by atoms with Gasteiger partial charge in [0.15, 0.2) is 0 Å². The molecule has 0 N–H and O–H groups in total. The van der Waals surface area contributed by atoms with E-state index in [9.17, 15) is 0 Å². The normalized spacial score (nSPS) is 14.4. The Morgan fingerprint density at radius 1 is 0.889 bits per heavy atom. The quantitative estimate of drug-likeness (QED) is 0.450. The molecule has 0 aliphatic carbocycles. The molecule has 0 aromatic heterocycles. The van der Waals surface area contributed by atoms with Crippen LogP contribution < -0.4 is 10.4 Å². The van der Waals surface area contributed by atoms with E-state index in [1.165, 1.54) is 10.4 Å². The number of benzene rings is 2. The Bertz CT molecular complexity index is 685. The van der Waals surface area contributed by atoms with Crippen LogP contribution in [0.2, 0.25) is 5.04 Å². The van der Waals surface area contributed by atoms with Crippen LogP contribution in [-0.4, -0.2) is 14.9 Å². The molecule has 2 aromatic carbocycles. The van der Waals surface area contributed by atoms with Crippen molar-refractivity contribution in [1.29, 1.82) is 0 Å². The first-order valence-electron chi connectivity index (χ1n) is 9.99. The molecule has 144 valence electrons. The Hall–Kier alpha value is -1.82. The Labute approximate surface area is 167 Å². The van der Waals surface area contributed by atoms with E-state index in [1.54, 1.807) is 0 Å². The molecule has 0 bridgehead atoms. The summed E-state index contributed by atoms with van der Waals surface area (Å²) in [6.07, 6.45) is 7.42. The van der Waals surface area contributed by atoms with Crippen LogP contribution in [0.4, 0.5) is 0 Å². The molecule has 2 heteroatoms. The zero-order valence-corrected chi connectivity index (χ0v) is 18.5. The monoisotopic (exact) mass is 378 g/mol. The van der Waals surface area contributed by atoms with Crippen LogP contribution in [0.5, 0.6) is 0 Å². The van der Waals surface area contributed by atoms with E-state index in [-0.39, 0.29) is 5.04 Å². The van der Waals surface area contributed by atoms with Crippen LogP contribution >= 0.6 is 0 Å². The number of hydrogen-bond acceptors (Lipinski definition) is 1. The van der Waals surface area contributed by atoms with Gasteiger partial charge in [-0.1, -0.05) is 95.3 Å². The van der Waals surface area contributed by atoms with Gasteiger partial charge in [0.2, 0.25) is 0 Å². The van der Waals surface area contributed by atoms with Gasteiger partial charge in [-0.25, -0.2) is 0 Å². The van der Waals surface area contributed by atoms with Crippen molar-refractivity contribution >= 4 is 18.7 Å². The van der Waals surface area contributed by atoms with Crippen LogP contribution in [-0.2, 0) is 4.43 Å². The van der Waals surface area contributed by atoms with Gasteiger partial charge in [0.1, 0.15) is 0 Å². The SMILES string of the molecule is C#CC[C@@H](C)C[C@@H](C)CO[Si](c1ccccc1)(c1ccccc1)C(C)(C)C. The molecular weight excluding hydrogens is 344 g/mol.